The first-order valence-corrected chi connectivity index (χ1v) is 11.9. The highest BCUT2D eigenvalue weighted by Gasteiger charge is 2.29. The van der Waals surface area contributed by atoms with Crippen LogP contribution in [0.1, 0.15) is 44.1 Å². The lowest BCUT2D eigenvalue weighted by Gasteiger charge is -2.32. The van der Waals surface area contributed by atoms with Gasteiger partial charge in [0.1, 0.15) is 17.7 Å². The van der Waals surface area contributed by atoms with Crippen molar-refractivity contribution >= 4 is 22.7 Å². The zero-order valence-electron chi connectivity index (χ0n) is 18.7. The molecule has 2 fully saturated rings. The Kier molecular flexibility index (Phi) is 6.27. The van der Waals surface area contributed by atoms with Gasteiger partial charge in [-0.2, -0.15) is 0 Å². The van der Waals surface area contributed by atoms with Crippen LogP contribution in [0.25, 0.3) is 22.0 Å². The maximum Gasteiger partial charge on any atom is 0.308 e. The molecule has 1 aromatic heterocycles. The molecule has 6 heteroatoms. The number of aliphatic hydroxyl groups is 1. The highest BCUT2D eigenvalue weighted by molar-refractivity contribution is 5.98. The predicted octanol–water partition coefficient (Wildman–Crippen LogP) is 5.03. The molecule has 33 heavy (non-hydrogen) atoms. The van der Waals surface area contributed by atoms with Crippen molar-refractivity contribution in [3.05, 3.63) is 59.9 Å². The smallest absolute Gasteiger partial charge is 0.308 e. The molecule has 3 heterocycles. The van der Waals surface area contributed by atoms with Crippen LogP contribution in [0.5, 0.6) is 0 Å². The number of cyclic esters (lactones) is 1. The summed E-state index contributed by atoms with van der Waals surface area (Å²) in [6.45, 7) is 1.91. The second-order valence-electron chi connectivity index (χ2n) is 9.10. The number of halogens is 1. The monoisotopic (exact) mass is 448 g/mol. The molecule has 172 valence electrons. The third-order valence-corrected chi connectivity index (χ3v) is 6.71. The largest absolute Gasteiger partial charge is 0.462 e. The van der Waals surface area contributed by atoms with E-state index in [2.05, 4.69) is 11.0 Å². The number of esters is 1. The van der Waals surface area contributed by atoms with E-state index in [0.717, 1.165) is 59.3 Å². The van der Waals surface area contributed by atoms with E-state index in [0.29, 0.717) is 19.3 Å². The van der Waals surface area contributed by atoms with Gasteiger partial charge in [-0.15, -0.1) is 0 Å². The van der Waals surface area contributed by atoms with Gasteiger partial charge in [0.05, 0.1) is 18.0 Å². The number of rotatable bonds is 5. The molecule has 0 bridgehead atoms. The standard InChI is InChI=1S/C27H29FN2O3/c28-19-10-8-18(9-11-19)26-22-6-2-3-7-24(22)29-27(30-14-4-1-5-15-30)23(26)13-12-21-16-20(31)17-25(32)33-21/h2-3,6-11,20-21,31H,1,4-5,12-17H2/t20-,21+/m0/s1. The highest BCUT2D eigenvalue weighted by Crippen LogP contribution is 2.39. The third-order valence-electron chi connectivity index (χ3n) is 6.71. The summed E-state index contributed by atoms with van der Waals surface area (Å²) < 4.78 is 19.3. The Bertz CT molecular complexity index is 1140. The number of hydrogen-bond acceptors (Lipinski definition) is 5. The minimum Gasteiger partial charge on any atom is -0.462 e. The van der Waals surface area contributed by atoms with Crippen molar-refractivity contribution in [1.82, 2.24) is 4.98 Å². The molecule has 2 atom stereocenters. The maximum atomic E-state index is 13.8. The Morgan fingerprint density at radius 1 is 1.06 bits per heavy atom. The molecular formula is C27H29FN2O3. The first kappa shape index (κ1) is 21.8. The summed E-state index contributed by atoms with van der Waals surface area (Å²) in [5, 5.41) is 11.1. The summed E-state index contributed by atoms with van der Waals surface area (Å²) >= 11 is 0. The fourth-order valence-electron chi connectivity index (χ4n) is 5.13. The number of ether oxygens (including phenoxy) is 1. The molecule has 2 aliphatic heterocycles. The number of piperidine rings is 1. The van der Waals surface area contributed by atoms with Crippen LogP contribution in [0.3, 0.4) is 0 Å². The average Bonchev–Trinajstić information content (AvgIpc) is 2.82. The predicted molar refractivity (Wildman–Crippen MR) is 127 cm³/mol. The van der Waals surface area contributed by atoms with E-state index in [9.17, 15) is 14.3 Å². The third kappa shape index (κ3) is 4.71. The van der Waals surface area contributed by atoms with Crippen molar-refractivity contribution in [3.63, 3.8) is 0 Å². The van der Waals surface area contributed by atoms with Crippen molar-refractivity contribution in [1.29, 1.82) is 0 Å². The summed E-state index contributed by atoms with van der Waals surface area (Å²) in [6.07, 6.45) is 4.30. The van der Waals surface area contributed by atoms with E-state index in [4.69, 9.17) is 9.72 Å². The molecule has 3 aromatic rings. The van der Waals surface area contributed by atoms with Gasteiger partial charge in [-0.1, -0.05) is 30.3 Å². The lowest BCUT2D eigenvalue weighted by atomic mass is 9.90. The minimum atomic E-state index is -0.649. The van der Waals surface area contributed by atoms with Crippen LogP contribution in [-0.2, 0) is 16.0 Å². The van der Waals surface area contributed by atoms with Crippen molar-refractivity contribution in [2.24, 2.45) is 0 Å². The van der Waals surface area contributed by atoms with E-state index in [1.54, 1.807) is 0 Å². The van der Waals surface area contributed by atoms with Crippen LogP contribution >= 0.6 is 0 Å². The summed E-state index contributed by atoms with van der Waals surface area (Å²) in [4.78, 5) is 19.3. The zero-order valence-corrected chi connectivity index (χ0v) is 18.7. The summed E-state index contributed by atoms with van der Waals surface area (Å²) in [5.41, 5.74) is 4.02. The quantitative estimate of drug-likeness (QED) is 0.555. The Hall–Kier alpha value is -2.99. The van der Waals surface area contributed by atoms with E-state index < -0.39 is 6.10 Å². The number of para-hydroxylation sites is 1. The minimum absolute atomic E-state index is 0.0634. The number of anilines is 1. The topological polar surface area (TPSA) is 62.7 Å². The molecule has 2 saturated heterocycles. The van der Waals surface area contributed by atoms with E-state index in [1.807, 2.05) is 30.3 Å². The van der Waals surface area contributed by atoms with Gasteiger partial charge in [0.25, 0.3) is 0 Å². The number of carbonyl (C=O) groups is 1. The number of pyridine rings is 1. The SMILES string of the molecule is O=C1C[C@@H](O)C[C@@H](CCc2c(N3CCCCC3)nc3ccccc3c2-c2ccc(F)cc2)O1. The van der Waals surface area contributed by atoms with Crippen LogP contribution in [0.4, 0.5) is 10.2 Å². The second kappa shape index (κ2) is 9.48. The molecule has 2 aliphatic rings. The van der Waals surface area contributed by atoms with E-state index in [1.165, 1.54) is 18.6 Å². The number of aromatic nitrogens is 1. The molecule has 0 radical (unpaired) electrons. The molecule has 0 saturated carbocycles. The Morgan fingerprint density at radius 2 is 1.82 bits per heavy atom. The molecule has 1 N–H and O–H groups in total. The fraction of sp³-hybridized carbons (Fsp3) is 0.407. The summed E-state index contributed by atoms with van der Waals surface area (Å²) in [7, 11) is 0. The van der Waals surface area contributed by atoms with Gasteiger partial charge in [0.2, 0.25) is 0 Å². The molecule has 0 spiro atoms. The molecule has 0 aliphatic carbocycles. The Labute approximate surface area is 193 Å². The summed E-state index contributed by atoms with van der Waals surface area (Å²) in [5.74, 6) is 0.360. The van der Waals surface area contributed by atoms with Crippen LogP contribution < -0.4 is 4.90 Å². The van der Waals surface area contributed by atoms with Gasteiger partial charge in [0, 0.05) is 30.5 Å². The number of nitrogens with zero attached hydrogens (tertiary/aromatic N) is 2. The second-order valence-corrected chi connectivity index (χ2v) is 9.10. The van der Waals surface area contributed by atoms with Crippen LogP contribution in [0.2, 0.25) is 0 Å². The molecular weight excluding hydrogens is 419 g/mol. The fourth-order valence-corrected chi connectivity index (χ4v) is 5.13. The van der Waals surface area contributed by atoms with Crippen molar-refractivity contribution in [3.8, 4) is 11.1 Å². The van der Waals surface area contributed by atoms with Gasteiger partial charge >= 0.3 is 5.97 Å². The molecule has 0 amide bonds. The van der Waals surface area contributed by atoms with Crippen molar-refractivity contribution in [2.45, 2.75) is 57.2 Å². The number of carbonyl (C=O) groups excluding carboxylic acids is 1. The zero-order chi connectivity index (χ0) is 22.8. The highest BCUT2D eigenvalue weighted by atomic mass is 19.1. The lowest BCUT2D eigenvalue weighted by molar-refractivity contribution is -0.160. The van der Waals surface area contributed by atoms with Crippen molar-refractivity contribution in [2.75, 3.05) is 18.0 Å². The van der Waals surface area contributed by atoms with Crippen LogP contribution in [0, 0.1) is 5.82 Å². The van der Waals surface area contributed by atoms with E-state index in [-0.39, 0.29) is 24.3 Å². The van der Waals surface area contributed by atoms with Gasteiger partial charge in [-0.25, -0.2) is 9.37 Å². The molecule has 0 unspecified atom stereocenters. The first-order chi connectivity index (χ1) is 16.1. The summed E-state index contributed by atoms with van der Waals surface area (Å²) in [6, 6.07) is 14.7. The Balaban J connectivity index is 1.62. The molecule has 2 aromatic carbocycles. The van der Waals surface area contributed by atoms with Crippen LogP contribution in [-0.4, -0.2) is 41.4 Å². The van der Waals surface area contributed by atoms with E-state index >= 15 is 0 Å². The normalized spacial score (nSPS) is 21.3. The van der Waals surface area contributed by atoms with Crippen molar-refractivity contribution < 1.29 is 19.0 Å². The van der Waals surface area contributed by atoms with Gasteiger partial charge in [-0.3, -0.25) is 4.79 Å². The maximum absolute atomic E-state index is 13.8. The number of fused-ring (bicyclic) bond motifs is 1. The number of benzene rings is 2. The average molecular weight is 449 g/mol. The first-order valence-electron chi connectivity index (χ1n) is 11.9. The van der Waals surface area contributed by atoms with Crippen LogP contribution in [0.15, 0.2) is 48.5 Å². The van der Waals surface area contributed by atoms with Gasteiger partial charge in [0.15, 0.2) is 0 Å². The molecule has 5 rings (SSSR count). The van der Waals surface area contributed by atoms with Gasteiger partial charge in [-0.05, 0) is 61.4 Å². The lowest BCUT2D eigenvalue weighted by Crippen LogP contribution is -2.33. The molecule has 5 nitrogen and oxygen atoms in total. The van der Waals surface area contributed by atoms with Gasteiger partial charge < -0.3 is 14.7 Å². The number of hydrogen-bond donors (Lipinski definition) is 1. The number of aliphatic hydroxyl groups excluding tert-OH is 1. The Morgan fingerprint density at radius 3 is 2.58 bits per heavy atom.